The molecule has 0 radical (unpaired) electrons. The molecule has 1 rings (SSSR count). The lowest BCUT2D eigenvalue weighted by molar-refractivity contribution is -0.125. The molecule has 0 aliphatic carbocycles. The van der Waals surface area contributed by atoms with E-state index in [1.54, 1.807) is 4.90 Å². The first-order valence-electron chi connectivity index (χ1n) is 15.0. The minimum Gasteiger partial charge on any atom is -0.381 e. The molecule has 0 unspecified atom stereocenters. The van der Waals surface area contributed by atoms with Gasteiger partial charge in [-0.1, -0.05) is 86.0 Å². The molecule has 35 heavy (non-hydrogen) atoms. The van der Waals surface area contributed by atoms with Crippen molar-refractivity contribution in [2.45, 2.75) is 138 Å². The van der Waals surface area contributed by atoms with E-state index in [1.165, 1.54) is 69.1 Å². The summed E-state index contributed by atoms with van der Waals surface area (Å²) < 4.78 is 5.99. The van der Waals surface area contributed by atoms with Crippen molar-refractivity contribution in [3.05, 3.63) is 0 Å². The van der Waals surface area contributed by atoms with E-state index in [-0.39, 0.29) is 18.5 Å². The normalized spacial score (nSPS) is 15.0. The van der Waals surface area contributed by atoms with Gasteiger partial charge in [0.15, 0.2) is 0 Å². The lowest BCUT2D eigenvalue weighted by Crippen LogP contribution is -2.34. The molecule has 1 aliphatic heterocycles. The van der Waals surface area contributed by atoms with E-state index in [0.717, 1.165) is 45.3 Å². The Kier molecular flexibility index (Phi) is 15.8. The minimum atomic E-state index is -0.107. The quantitative estimate of drug-likeness (QED) is 0.112. The van der Waals surface area contributed by atoms with Crippen molar-refractivity contribution < 1.29 is 14.3 Å². The van der Waals surface area contributed by atoms with E-state index in [4.69, 9.17) is 4.74 Å². The van der Waals surface area contributed by atoms with Gasteiger partial charge in [0.05, 0.1) is 0 Å². The Morgan fingerprint density at radius 2 is 1.17 bits per heavy atom. The molecule has 0 atom stereocenters. The second kappa shape index (κ2) is 17.4. The van der Waals surface area contributed by atoms with Gasteiger partial charge in [0.25, 0.3) is 0 Å². The van der Waals surface area contributed by atoms with Crippen LogP contribution in [0.4, 0.5) is 4.79 Å². The summed E-state index contributed by atoms with van der Waals surface area (Å²) in [6, 6.07) is -0.107. The molecule has 0 saturated carbocycles. The largest absolute Gasteiger partial charge is 0.381 e. The number of nitrogens with zero attached hydrogens (tertiary/aromatic N) is 2. The lowest BCUT2D eigenvalue weighted by atomic mass is 9.74. The van der Waals surface area contributed by atoms with E-state index in [9.17, 15) is 9.59 Å². The highest BCUT2D eigenvalue weighted by Gasteiger charge is 2.35. The first-order valence-corrected chi connectivity index (χ1v) is 15.0. The Hall–Kier alpha value is -1.10. The fourth-order valence-electron chi connectivity index (χ4n) is 5.90. The summed E-state index contributed by atoms with van der Waals surface area (Å²) in [5, 5.41) is 0. The van der Waals surface area contributed by atoms with E-state index in [1.807, 2.05) is 6.92 Å². The van der Waals surface area contributed by atoms with Gasteiger partial charge < -0.3 is 9.64 Å². The Labute approximate surface area is 217 Å². The zero-order valence-electron chi connectivity index (χ0n) is 24.3. The summed E-state index contributed by atoms with van der Waals surface area (Å²) in [7, 11) is 0. The van der Waals surface area contributed by atoms with Gasteiger partial charge in [-0.2, -0.15) is 0 Å². The van der Waals surface area contributed by atoms with Crippen molar-refractivity contribution in [3.8, 4) is 0 Å². The van der Waals surface area contributed by atoms with Crippen LogP contribution < -0.4 is 0 Å². The molecular weight excluding hydrogens is 436 g/mol. The van der Waals surface area contributed by atoms with Gasteiger partial charge in [0.1, 0.15) is 6.54 Å². The molecule has 5 heteroatoms. The molecular formula is C30H58N2O3. The Morgan fingerprint density at radius 3 is 1.60 bits per heavy atom. The van der Waals surface area contributed by atoms with Crippen LogP contribution in [0.5, 0.6) is 0 Å². The van der Waals surface area contributed by atoms with Crippen molar-refractivity contribution in [1.82, 2.24) is 9.80 Å². The Bertz CT molecular complexity index is 584. The first-order chi connectivity index (χ1) is 16.9. The third-order valence-electron chi connectivity index (χ3n) is 9.15. The number of likely N-dealkylation sites (N-methyl/N-ethyl adjacent to an activating group) is 1. The van der Waals surface area contributed by atoms with Gasteiger partial charge in [-0.3, -0.25) is 9.69 Å². The molecule has 1 aliphatic rings. The van der Waals surface area contributed by atoms with Crippen LogP contribution in [0.1, 0.15) is 138 Å². The zero-order valence-corrected chi connectivity index (χ0v) is 24.3. The van der Waals surface area contributed by atoms with E-state index < -0.39 is 0 Å². The van der Waals surface area contributed by atoms with Crippen molar-refractivity contribution in [2.24, 2.45) is 10.8 Å². The van der Waals surface area contributed by atoms with Crippen LogP contribution >= 0.6 is 0 Å². The highest BCUT2D eigenvalue weighted by atomic mass is 16.5. The number of hydrogen-bond acceptors (Lipinski definition) is 3. The van der Waals surface area contributed by atoms with Crippen molar-refractivity contribution >= 4 is 11.9 Å². The summed E-state index contributed by atoms with van der Waals surface area (Å²) in [5.74, 6) is -0.0383. The molecule has 206 valence electrons. The third kappa shape index (κ3) is 10.4. The second-order valence-corrected chi connectivity index (χ2v) is 11.0. The van der Waals surface area contributed by atoms with Gasteiger partial charge >= 0.3 is 6.03 Å². The number of amides is 3. The van der Waals surface area contributed by atoms with Crippen molar-refractivity contribution in [3.63, 3.8) is 0 Å². The standard InChI is InChI=1S/C30H58N2O3/c1-7-13-19-29(8-2,9-3)20-14-16-24-35-25-17-15-21-30(10-4,11-5)22-18-23-32-27(33)26-31(12-6)28(32)34/h7-26H2,1-6H3. The number of hydrogen-bond donors (Lipinski definition) is 0. The maximum Gasteiger partial charge on any atom is 0.327 e. The topological polar surface area (TPSA) is 49.9 Å². The van der Waals surface area contributed by atoms with E-state index >= 15 is 0 Å². The highest BCUT2D eigenvalue weighted by Crippen LogP contribution is 2.38. The molecule has 0 aromatic rings. The predicted octanol–water partition coefficient (Wildman–Crippen LogP) is 8.21. The Balaban J connectivity index is 2.24. The molecule has 1 fully saturated rings. The fourth-order valence-corrected chi connectivity index (χ4v) is 5.90. The van der Waals surface area contributed by atoms with Crippen molar-refractivity contribution in [2.75, 3.05) is 32.8 Å². The maximum atomic E-state index is 12.3. The molecule has 0 aromatic heterocycles. The smallest absolute Gasteiger partial charge is 0.327 e. The monoisotopic (exact) mass is 494 g/mol. The van der Waals surface area contributed by atoms with E-state index in [2.05, 4.69) is 34.6 Å². The predicted molar refractivity (Wildman–Crippen MR) is 148 cm³/mol. The number of ether oxygens (including phenoxy) is 1. The van der Waals surface area contributed by atoms with Gasteiger partial charge in [-0.25, -0.2) is 4.79 Å². The maximum absolute atomic E-state index is 12.3. The number of unbranched alkanes of at least 4 members (excludes halogenated alkanes) is 3. The number of carbonyl (C=O) groups is 2. The summed E-state index contributed by atoms with van der Waals surface area (Å²) in [5.41, 5.74) is 0.878. The van der Waals surface area contributed by atoms with Crippen LogP contribution in [0.3, 0.4) is 0 Å². The van der Waals surface area contributed by atoms with Crippen LogP contribution in [0, 0.1) is 10.8 Å². The highest BCUT2D eigenvalue weighted by molar-refractivity contribution is 6.01. The van der Waals surface area contributed by atoms with Crippen molar-refractivity contribution in [1.29, 1.82) is 0 Å². The molecule has 3 amide bonds. The van der Waals surface area contributed by atoms with Gasteiger partial charge in [0.2, 0.25) is 5.91 Å². The average molecular weight is 495 g/mol. The molecule has 5 nitrogen and oxygen atoms in total. The first kappa shape index (κ1) is 31.9. The molecule has 1 heterocycles. The third-order valence-corrected chi connectivity index (χ3v) is 9.15. The molecule has 1 saturated heterocycles. The Morgan fingerprint density at radius 1 is 0.686 bits per heavy atom. The lowest BCUT2D eigenvalue weighted by Gasteiger charge is -2.32. The SMILES string of the molecule is CCCCC(CC)(CC)CCCCOCCCCC(CC)(CC)CCCN1C(=O)CN(CC)C1=O. The van der Waals surface area contributed by atoms with Gasteiger partial charge in [-0.15, -0.1) is 0 Å². The fraction of sp³-hybridized carbons (Fsp3) is 0.933. The van der Waals surface area contributed by atoms with Crippen LogP contribution in [0.25, 0.3) is 0 Å². The molecule has 0 spiro atoms. The van der Waals surface area contributed by atoms with Crippen LogP contribution in [0.15, 0.2) is 0 Å². The van der Waals surface area contributed by atoms with Crippen LogP contribution in [-0.2, 0) is 9.53 Å². The van der Waals surface area contributed by atoms with Crippen LogP contribution in [0.2, 0.25) is 0 Å². The number of imide groups is 1. The molecule has 0 N–H and O–H groups in total. The van der Waals surface area contributed by atoms with Crippen LogP contribution in [-0.4, -0.2) is 54.6 Å². The minimum absolute atomic E-state index is 0.0383. The molecule has 0 bridgehead atoms. The summed E-state index contributed by atoms with van der Waals surface area (Å²) >= 11 is 0. The molecule has 0 aromatic carbocycles. The zero-order chi connectivity index (χ0) is 26.2. The van der Waals surface area contributed by atoms with E-state index in [0.29, 0.717) is 23.9 Å². The van der Waals surface area contributed by atoms with Gasteiger partial charge in [0, 0.05) is 26.3 Å². The van der Waals surface area contributed by atoms with Gasteiger partial charge in [-0.05, 0) is 62.7 Å². The number of rotatable bonds is 22. The second-order valence-electron chi connectivity index (χ2n) is 11.0. The number of urea groups is 1. The average Bonchev–Trinajstić information content (AvgIpc) is 3.16. The summed E-state index contributed by atoms with van der Waals surface area (Å²) in [6.45, 7) is 16.7. The number of carbonyl (C=O) groups excluding carboxylic acids is 2. The summed E-state index contributed by atoms with van der Waals surface area (Å²) in [4.78, 5) is 27.6. The summed E-state index contributed by atoms with van der Waals surface area (Å²) in [6.07, 6.45) is 18.3.